The van der Waals surface area contributed by atoms with Crippen LogP contribution in [-0.4, -0.2) is 41.3 Å². The Morgan fingerprint density at radius 1 is 1.19 bits per heavy atom. The number of piperidine rings is 1. The average Bonchev–Trinajstić information content (AvgIpc) is 2.74. The highest BCUT2D eigenvalue weighted by molar-refractivity contribution is 6.05. The minimum absolute atomic E-state index is 0.0403. The van der Waals surface area contributed by atoms with Gasteiger partial charge in [0.2, 0.25) is 5.91 Å². The number of likely N-dealkylation sites (tertiary alicyclic amines) is 1. The molecular formula is C26H32N2O3. The maximum Gasteiger partial charge on any atom is 0.228 e. The van der Waals surface area contributed by atoms with Gasteiger partial charge in [-0.1, -0.05) is 52.8 Å². The van der Waals surface area contributed by atoms with E-state index in [-0.39, 0.29) is 24.3 Å². The summed E-state index contributed by atoms with van der Waals surface area (Å²) in [6.07, 6.45) is 4.12. The first-order valence-corrected chi connectivity index (χ1v) is 10.6. The zero-order valence-corrected chi connectivity index (χ0v) is 19.3. The number of carbonyl (C=O) groups is 2. The number of ether oxygens (including phenoxy) is 1. The van der Waals surface area contributed by atoms with Gasteiger partial charge in [-0.2, -0.15) is 0 Å². The minimum Gasteiger partial charge on any atom is -0.497 e. The number of ketones is 1. The van der Waals surface area contributed by atoms with E-state index in [9.17, 15) is 9.59 Å². The number of aromatic nitrogens is 1. The second-order valence-electron chi connectivity index (χ2n) is 9.73. The Bertz CT molecular complexity index is 970. The molecule has 0 N–H and O–H groups in total. The van der Waals surface area contributed by atoms with E-state index in [4.69, 9.17) is 4.74 Å². The molecule has 1 amide bonds. The fourth-order valence-corrected chi connectivity index (χ4v) is 4.07. The molecule has 0 aliphatic carbocycles. The second-order valence-corrected chi connectivity index (χ2v) is 9.73. The number of hydrogen-bond acceptors (Lipinski definition) is 4. The molecule has 1 unspecified atom stereocenters. The standard InChI is InChI=1S/C26H32N2O3/c1-25(2,3)24(30)28-17-19(16-20-9-7-8-14-27-20)23(29)26(4,5)22(28)15-18-10-12-21(31-6)13-11-18/h7-14,16,22H,15,17H2,1-6H3/b19-16+. The van der Waals surface area contributed by atoms with E-state index >= 15 is 0 Å². The molecule has 2 aromatic rings. The number of nitrogens with zero attached hydrogens (tertiary/aromatic N) is 2. The van der Waals surface area contributed by atoms with Crippen LogP contribution in [0.1, 0.15) is 45.9 Å². The van der Waals surface area contributed by atoms with Crippen LogP contribution in [0.4, 0.5) is 0 Å². The lowest BCUT2D eigenvalue weighted by Gasteiger charge is -2.48. The molecule has 31 heavy (non-hydrogen) atoms. The lowest BCUT2D eigenvalue weighted by atomic mass is 9.70. The van der Waals surface area contributed by atoms with Gasteiger partial charge in [0, 0.05) is 35.2 Å². The Hall–Kier alpha value is -2.95. The number of rotatable bonds is 4. The van der Waals surface area contributed by atoms with Crippen molar-refractivity contribution in [2.24, 2.45) is 10.8 Å². The molecule has 0 saturated carbocycles. The highest BCUT2D eigenvalue weighted by Crippen LogP contribution is 2.39. The summed E-state index contributed by atoms with van der Waals surface area (Å²) in [5.41, 5.74) is 1.12. The number of methoxy groups -OCH3 is 1. The lowest BCUT2D eigenvalue weighted by Crippen LogP contribution is -2.60. The summed E-state index contributed by atoms with van der Waals surface area (Å²) in [7, 11) is 1.64. The first-order chi connectivity index (χ1) is 14.5. The summed E-state index contributed by atoms with van der Waals surface area (Å²) >= 11 is 0. The molecule has 3 rings (SSSR count). The molecule has 164 valence electrons. The molecule has 1 atom stereocenters. The Labute approximate surface area is 185 Å². The van der Waals surface area contributed by atoms with Crippen LogP contribution in [0.2, 0.25) is 0 Å². The number of benzene rings is 1. The summed E-state index contributed by atoms with van der Waals surface area (Å²) in [5.74, 6) is 0.888. The van der Waals surface area contributed by atoms with Crippen molar-refractivity contribution in [2.75, 3.05) is 13.7 Å². The first kappa shape index (κ1) is 22.7. The van der Waals surface area contributed by atoms with Crippen LogP contribution >= 0.6 is 0 Å². The normalized spacial score (nSPS) is 20.1. The van der Waals surface area contributed by atoms with Gasteiger partial charge in [0.1, 0.15) is 5.75 Å². The van der Waals surface area contributed by atoms with Crippen molar-refractivity contribution >= 4 is 17.8 Å². The number of Topliss-reactive ketones (excluding diaryl/α,β-unsaturated/α-hetero) is 1. The molecule has 1 fully saturated rings. The van der Waals surface area contributed by atoms with Crippen molar-refractivity contribution in [3.05, 3.63) is 65.5 Å². The van der Waals surface area contributed by atoms with Gasteiger partial charge in [-0.15, -0.1) is 0 Å². The SMILES string of the molecule is COc1ccc(CC2N(C(=O)C(C)(C)C)C/C(=C\c3ccccn3)C(=O)C2(C)C)cc1. The Kier molecular flexibility index (Phi) is 6.35. The van der Waals surface area contributed by atoms with Crippen LogP contribution in [0.25, 0.3) is 6.08 Å². The third-order valence-corrected chi connectivity index (χ3v) is 5.93. The molecule has 0 bridgehead atoms. The summed E-state index contributed by atoms with van der Waals surface area (Å²) in [4.78, 5) is 33.2. The van der Waals surface area contributed by atoms with Crippen LogP contribution in [-0.2, 0) is 16.0 Å². The molecular weight excluding hydrogens is 388 g/mol. The van der Waals surface area contributed by atoms with E-state index in [1.165, 1.54) is 0 Å². The number of pyridine rings is 1. The largest absolute Gasteiger partial charge is 0.497 e. The average molecular weight is 421 g/mol. The third-order valence-electron chi connectivity index (χ3n) is 5.93. The van der Waals surface area contributed by atoms with E-state index in [0.29, 0.717) is 12.0 Å². The smallest absolute Gasteiger partial charge is 0.228 e. The first-order valence-electron chi connectivity index (χ1n) is 10.6. The summed E-state index contributed by atoms with van der Waals surface area (Å²) in [6, 6.07) is 13.2. The third kappa shape index (κ3) is 4.87. The molecule has 5 heteroatoms. The molecule has 2 heterocycles. The zero-order valence-electron chi connectivity index (χ0n) is 19.3. The van der Waals surface area contributed by atoms with Gasteiger partial charge in [-0.25, -0.2) is 0 Å². The van der Waals surface area contributed by atoms with Crippen molar-refractivity contribution in [1.29, 1.82) is 0 Å². The van der Waals surface area contributed by atoms with Gasteiger partial charge >= 0.3 is 0 Å². The van der Waals surface area contributed by atoms with Crippen molar-refractivity contribution in [2.45, 2.75) is 47.1 Å². The monoisotopic (exact) mass is 420 g/mol. The molecule has 1 aromatic carbocycles. The van der Waals surface area contributed by atoms with Crippen molar-refractivity contribution < 1.29 is 14.3 Å². The van der Waals surface area contributed by atoms with Gasteiger partial charge in [-0.3, -0.25) is 14.6 Å². The fraction of sp³-hybridized carbons (Fsp3) is 0.423. The van der Waals surface area contributed by atoms with Crippen molar-refractivity contribution in [1.82, 2.24) is 9.88 Å². The highest BCUT2D eigenvalue weighted by Gasteiger charge is 2.49. The van der Waals surface area contributed by atoms with E-state index in [2.05, 4.69) is 4.98 Å². The molecule has 1 aliphatic rings. The minimum atomic E-state index is -0.736. The zero-order chi connectivity index (χ0) is 22.8. The van der Waals surface area contributed by atoms with E-state index < -0.39 is 10.8 Å². The molecule has 5 nitrogen and oxygen atoms in total. The molecule has 0 radical (unpaired) electrons. The van der Waals surface area contributed by atoms with E-state index in [0.717, 1.165) is 17.0 Å². The highest BCUT2D eigenvalue weighted by atomic mass is 16.5. The molecule has 1 saturated heterocycles. The van der Waals surface area contributed by atoms with Crippen LogP contribution < -0.4 is 4.74 Å². The summed E-state index contributed by atoms with van der Waals surface area (Å²) in [5, 5.41) is 0. The van der Waals surface area contributed by atoms with Crippen LogP contribution in [0.5, 0.6) is 5.75 Å². The maximum absolute atomic E-state index is 13.5. The van der Waals surface area contributed by atoms with Crippen LogP contribution in [0.15, 0.2) is 54.2 Å². The summed E-state index contributed by atoms with van der Waals surface area (Å²) in [6.45, 7) is 9.94. The second kappa shape index (κ2) is 8.66. The quantitative estimate of drug-likeness (QED) is 0.680. The van der Waals surface area contributed by atoms with Gasteiger partial charge < -0.3 is 9.64 Å². The number of amides is 1. The Morgan fingerprint density at radius 3 is 2.42 bits per heavy atom. The predicted molar refractivity (Wildman–Crippen MR) is 123 cm³/mol. The van der Waals surface area contributed by atoms with Crippen LogP contribution in [0, 0.1) is 10.8 Å². The van der Waals surface area contributed by atoms with Gasteiger partial charge in [0.15, 0.2) is 5.78 Å². The van der Waals surface area contributed by atoms with Crippen LogP contribution in [0.3, 0.4) is 0 Å². The van der Waals surface area contributed by atoms with Gasteiger partial charge in [0.05, 0.1) is 12.8 Å². The van der Waals surface area contributed by atoms with E-state index in [1.807, 2.05) is 88.1 Å². The lowest BCUT2D eigenvalue weighted by molar-refractivity contribution is -0.149. The number of carbonyl (C=O) groups excluding carboxylic acids is 2. The van der Waals surface area contributed by atoms with Crippen molar-refractivity contribution in [3.8, 4) is 5.75 Å². The molecule has 1 aliphatic heterocycles. The Morgan fingerprint density at radius 2 is 1.87 bits per heavy atom. The maximum atomic E-state index is 13.5. The molecule has 1 aromatic heterocycles. The topological polar surface area (TPSA) is 59.5 Å². The van der Waals surface area contributed by atoms with E-state index in [1.54, 1.807) is 13.3 Å². The molecule has 0 spiro atoms. The van der Waals surface area contributed by atoms with Gasteiger partial charge in [-0.05, 0) is 42.3 Å². The van der Waals surface area contributed by atoms with Gasteiger partial charge in [0.25, 0.3) is 0 Å². The van der Waals surface area contributed by atoms with Crippen molar-refractivity contribution in [3.63, 3.8) is 0 Å². The predicted octanol–water partition coefficient (Wildman–Crippen LogP) is 4.57. The summed E-state index contributed by atoms with van der Waals surface area (Å²) < 4.78 is 5.26. The fourth-order valence-electron chi connectivity index (χ4n) is 4.07. The Balaban J connectivity index is 2.02. The number of hydrogen-bond donors (Lipinski definition) is 0.